The first-order valence-corrected chi connectivity index (χ1v) is 8.81. The van der Waals surface area contributed by atoms with E-state index < -0.39 is 0 Å². The van der Waals surface area contributed by atoms with Gasteiger partial charge in [0.1, 0.15) is 0 Å². The van der Waals surface area contributed by atoms with Gasteiger partial charge in [0.05, 0.1) is 11.2 Å². The van der Waals surface area contributed by atoms with Crippen molar-refractivity contribution in [2.24, 2.45) is 0 Å². The van der Waals surface area contributed by atoms with Crippen molar-refractivity contribution in [2.75, 3.05) is 0 Å². The van der Waals surface area contributed by atoms with E-state index in [-0.39, 0.29) is 0 Å². The molecule has 0 N–H and O–H groups in total. The van der Waals surface area contributed by atoms with E-state index in [1.165, 1.54) is 52.5 Å². The second-order valence-electron chi connectivity index (χ2n) is 6.61. The Balaban J connectivity index is 1.73. The highest BCUT2D eigenvalue weighted by atomic mass is 14.7. The first kappa shape index (κ1) is 14.4. The van der Waals surface area contributed by atoms with Crippen LogP contribution in [0.3, 0.4) is 0 Å². The lowest BCUT2D eigenvalue weighted by atomic mass is 9.95. The van der Waals surface area contributed by atoms with Gasteiger partial charge in [-0.05, 0) is 60.2 Å². The molecule has 0 fully saturated rings. The zero-order valence-electron chi connectivity index (χ0n) is 13.9. The zero-order valence-corrected chi connectivity index (χ0v) is 13.9. The molecule has 0 unspecified atom stereocenters. The van der Waals surface area contributed by atoms with E-state index in [0.29, 0.717) is 0 Å². The summed E-state index contributed by atoms with van der Waals surface area (Å²) >= 11 is 0. The van der Waals surface area contributed by atoms with E-state index in [1.54, 1.807) is 0 Å². The van der Waals surface area contributed by atoms with E-state index in [1.807, 2.05) is 24.5 Å². The molecule has 120 valence electrons. The Hall–Kier alpha value is -3.00. The van der Waals surface area contributed by atoms with Crippen LogP contribution in [0.15, 0.2) is 73.1 Å². The number of aryl methyl sites for hydroxylation is 2. The number of fused-ring (bicyclic) bond motifs is 2. The van der Waals surface area contributed by atoms with Gasteiger partial charge in [-0.15, -0.1) is 0 Å². The standard InChI is InChI=1S/C23H18N2/c1-2-9-22-20(7-1)19(12-14-24-22)21-8-4-13-25-23(21)18-11-10-16-5-3-6-17(16)15-18/h1-2,4,7-15H,3,5-6H2. The van der Waals surface area contributed by atoms with Gasteiger partial charge in [-0.1, -0.05) is 36.4 Å². The molecule has 0 saturated carbocycles. The topological polar surface area (TPSA) is 25.8 Å². The van der Waals surface area contributed by atoms with E-state index in [4.69, 9.17) is 4.98 Å². The third-order valence-electron chi connectivity index (χ3n) is 5.12. The minimum atomic E-state index is 1.02. The first-order valence-electron chi connectivity index (χ1n) is 8.81. The highest BCUT2D eigenvalue weighted by molar-refractivity contribution is 5.97. The summed E-state index contributed by atoms with van der Waals surface area (Å²) in [6, 6.07) is 21.4. The minimum Gasteiger partial charge on any atom is -0.256 e. The minimum absolute atomic E-state index is 1.02. The molecule has 0 amide bonds. The molecule has 0 atom stereocenters. The predicted molar refractivity (Wildman–Crippen MR) is 102 cm³/mol. The van der Waals surface area contributed by atoms with Crippen LogP contribution < -0.4 is 0 Å². The molecule has 0 radical (unpaired) electrons. The Bertz CT molecular complexity index is 1080. The van der Waals surface area contributed by atoms with Crippen molar-refractivity contribution in [3.8, 4) is 22.4 Å². The summed E-state index contributed by atoms with van der Waals surface area (Å²) in [6.07, 6.45) is 7.43. The van der Waals surface area contributed by atoms with Crippen molar-refractivity contribution in [3.63, 3.8) is 0 Å². The van der Waals surface area contributed by atoms with Crippen molar-refractivity contribution < 1.29 is 0 Å². The van der Waals surface area contributed by atoms with E-state index >= 15 is 0 Å². The lowest BCUT2D eigenvalue weighted by Gasteiger charge is -2.12. The van der Waals surface area contributed by atoms with Gasteiger partial charge < -0.3 is 0 Å². The number of rotatable bonds is 2. The van der Waals surface area contributed by atoms with Crippen LogP contribution in [0.2, 0.25) is 0 Å². The van der Waals surface area contributed by atoms with Gasteiger partial charge in [0.15, 0.2) is 0 Å². The molecule has 2 aromatic heterocycles. The van der Waals surface area contributed by atoms with Crippen LogP contribution in [-0.2, 0) is 12.8 Å². The average molecular weight is 322 g/mol. The molecule has 0 spiro atoms. The van der Waals surface area contributed by atoms with Gasteiger partial charge in [0, 0.05) is 28.9 Å². The number of hydrogen-bond donors (Lipinski definition) is 0. The van der Waals surface area contributed by atoms with Gasteiger partial charge in [-0.2, -0.15) is 0 Å². The Morgan fingerprint density at radius 2 is 1.60 bits per heavy atom. The quantitative estimate of drug-likeness (QED) is 0.490. The van der Waals surface area contributed by atoms with Gasteiger partial charge in [0.2, 0.25) is 0 Å². The molecule has 1 aliphatic carbocycles. The Kier molecular flexibility index (Phi) is 3.34. The number of benzene rings is 2. The van der Waals surface area contributed by atoms with Crippen molar-refractivity contribution >= 4 is 10.9 Å². The highest BCUT2D eigenvalue weighted by Gasteiger charge is 2.15. The molecule has 4 aromatic rings. The Morgan fingerprint density at radius 3 is 2.60 bits per heavy atom. The molecule has 2 heterocycles. The van der Waals surface area contributed by atoms with Crippen molar-refractivity contribution in [1.82, 2.24) is 9.97 Å². The number of hydrogen-bond acceptors (Lipinski definition) is 2. The smallest absolute Gasteiger partial charge is 0.0780 e. The average Bonchev–Trinajstić information content (AvgIpc) is 3.15. The van der Waals surface area contributed by atoms with E-state index in [9.17, 15) is 0 Å². The van der Waals surface area contributed by atoms with Crippen LogP contribution in [0, 0.1) is 0 Å². The van der Waals surface area contributed by atoms with Crippen LogP contribution in [-0.4, -0.2) is 9.97 Å². The normalized spacial score (nSPS) is 13.1. The maximum absolute atomic E-state index is 4.74. The predicted octanol–water partition coefficient (Wildman–Crippen LogP) is 5.45. The largest absolute Gasteiger partial charge is 0.256 e. The van der Waals surface area contributed by atoms with Gasteiger partial charge in [-0.25, -0.2) is 0 Å². The maximum atomic E-state index is 4.74. The van der Waals surface area contributed by atoms with Crippen molar-refractivity contribution in [3.05, 3.63) is 84.2 Å². The summed E-state index contributed by atoms with van der Waals surface area (Å²) in [4.78, 5) is 9.23. The van der Waals surface area contributed by atoms with Gasteiger partial charge in [-0.3, -0.25) is 9.97 Å². The summed E-state index contributed by atoms with van der Waals surface area (Å²) in [5, 5.41) is 1.17. The third-order valence-corrected chi connectivity index (χ3v) is 5.12. The molecule has 0 aliphatic heterocycles. The highest BCUT2D eigenvalue weighted by Crippen LogP contribution is 2.35. The van der Waals surface area contributed by atoms with Crippen molar-refractivity contribution in [1.29, 1.82) is 0 Å². The zero-order chi connectivity index (χ0) is 16.6. The molecular formula is C23H18N2. The van der Waals surface area contributed by atoms with Crippen LogP contribution in [0.5, 0.6) is 0 Å². The molecule has 25 heavy (non-hydrogen) atoms. The molecule has 0 bridgehead atoms. The second kappa shape index (κ2) is 5.82. The summed E-state index contributed by atoms with van der Waals surface area (Å²) < 4.78 is 0. The van der Waals surface area contributed by atoms with Gasteiger partial charge >= 0.3 is 0 Å². The maximum Gasteiger partial charge on any atom is 0.0780 e. The molecule has 2 nitrogen and oxygen atoms in total. The molecule has 2 aromatic carbocycles. The van der Waals surface area contributed by atoms with Crippen molar-refractivity contribution in [2.45, 2.75) is 19.3 Å². The molecular weight excluding hydrogens is 304 g/mol. The summed E-state index contributed by atoms with van der Waals surface area (Å²) in [5.74, 6) is 0. The summed E-state index contributed by atoms with van der Waals surface area (Å²) in [5.41, 5.74) is 8.60. The van der Waals surface area contributed by atoms with Crippen LogP contribution in [0.25, 0.3) is 33.3 Å². The fourth-order valence-corrected chi connectivity index (χ4v) is 3.90. The number of nitrogens with zero attached hydrogens (tertiary/aromatic N) is 2. The number of para-hydroxylation sites is 1. The monoisotopic (exact) mass is 322 g/mol. The SMILES string of the molecule is c1cnc(-c2ccc3c(c2)CCC3)c(-c2ccnc3ccccc23)c1. The molecule has 0 saturated heterocycles. The lowest BCUT2D eigenvalue weighted by Crippen LogP contribution is -1.92. The molecule has 5 rings (SSSR count). The first-order chi connectivity index (χ1) is 12.4. The number of pyridine rings is 2. The van der Waals surface area contributed by atoms with Crippen LogP contribution >= 0.6 is 0 Å². The Labute approximate surface area is 147 Å². The van der Waals surface area contributed by atoms with Crippen LogP contribution in [0.1, 0.15) is 17.5 Å². The second-order valence-corrected chi connectivity index (χ2v) is 6.61. The van der Waals surface area contributed by atoms with Gasteiger partial charge in [0.25, 0.3) is 0 Å². The molecule has 1 aliphatic rings. The van der Waals surface area contributed by atoms with E-state index in [0.717, 1.165) is 11.2 Å². The van der Waals surface area contributed by atoms with E-state index in [2.05, 4.69) is 53.5 Å². The summed E-state index contributed by atoms with van der Waals surface area (Å²) in [6.45, 7) is 0. The molecule has 2 heteroatoms. The third kappa shape index (κ3) is 2.42. The Morgan fingerprint density at radius 1 is 0.680 bits per heavy atom. The fourth-order valence-electron chi connectivity index (χ4n) is 3.90. The number of aromatic nitrogens is 2. The fraction of sp³-hybridized carbons (Fsp3) is 0.130. The summed E-state index contributed by atoms with van der Waals surface area (Å²) in [7, 11) is 0. The lowest BCUT2D eigenvalue weighted by molar-refractivity contribution is 0.912. The van der Waals surface area contributed by atoms with Crippen LogP contribution in [0.4, 0.5) is 0 Å².